The maximum Gasteiger partial charge on any atom is 0.111 e. The molecule has 0 aliphatic rings. The summed E-state index contributed by atoms with van der Waals surface area (Å²) < 4.78 is 0. The monoisotopic (exact) mass is 151 g/mol. The lowest BCUT2D eigenvalue weighted by molar-refractivity contribution is 0.647. The third-order valence-corrected chi connectivity index (χ3v) is 1.70. The van der Waals surface area contributed by atoms with Gasteiger partial charge in [-0.05, 0) is 5.92 Å². The molecule has 0 aromatic rings. The number of nitrogens with zero attached hydrogens (tertiary/aromatic N) is 1. The van der Waals surface area contributed by atoms with E-state index in [0.29, 0.717) is 6.42 Å². The first-order chi connectivity index (χ1) is 3.68. The van der Waals surface area contributed by atoms with Gasteiger partial charge in [-0.1, -0.05) is 6.92 Å². The van der Waals surface area contributed by atoms with Crippen molar-refractivity contribution in [2.45, 2.75) is 18.2 Å². The number of hydrogen-bond acceptors (Lipinski definition) is 1. The second kappa shape index (κ2) is 4.00. The summed E-state index contributed by atoms with van der Waals surface area (Å²) in [5.74, 6) is 0.0864. The molecule has 0 rings (SSSR count). The van der Waals surface area contributed by atoms with Crippen LogP contribution in [0.1, 0.15) is 13.3 Å². The van der Waals surface area contributed by atoms with Crippen LogP contribution in [0.4, 0.5) is 0 Å². The summed E-state index contributed by atoms with van der Waals surface area (Å²) in [4.78, 5) is -0.408. The van der Waals surface area contributed by atoms with Gasteiger partial charge in [0.05, 0.1) is 6.07 Å². The summed E-state index contributed by atoms with van der Waals surface area (Å²) in [7, 11) is 0. The van der Waals surface area contributed by atoms with Crippen LogP contribution in [0.15, 0.2) is 0 Å². The van der Waals surface area contributed by atoms with Gasteiger partial charge in [-0.2, -0.15) is 5.26 Å². The van der Waals surface area contributed by atoms with Gasteiger partial charge in [-0.15, -0.1) is 23.2 Å². The van der Waals surface area contributed by atoms with Gasteiger partial charge in [0, 0.05) is 6.42 Å². The molecule has 1 atom stereocenters. The molecule has 0 aliphatic carbocycles. The number of rotatable bonds is 2. The quantitative estimate of drug-likeness (QED) is 0.557. The molecule has 0 saturated heterocycles. The fourth-order valence-corrected chi connectivity index (χ4v) is 0.411. The van der Waals surface area contributed by atoms with E-state index in [9.17, 15) is 0 Å². The number of hydrogen-bond donors (Lipinski definition) is 0. The summed E-state index contributed by atoms with van der Waals surface area (Å²) in [5, 5.41) is 8.12. The molecule has 0 spiro atoms. The molecule has 8 heavy (non-hydrogen) atoms. The Morgan fingerprint density at radius 3 is 2.25 bits per heavy atom. The Hall–Kier alpha value is 0.0700. The van der Waals surface area contributed by atoms with Crippen LogP contribution in [0.3, 0.4) is 0 Å². The number of nitriles is 1. The van der Waals surface area contributed by atoms with E-state index in [1.165, 1.54) is 0 Å². The molecule has 0 radical (unpaired) electrons. The van der Waals surface area contributed by atoms with Crippen LogP contribution in [0.2, 0.25) is 0 Å². The topological polar surface area (TPSA) is 23.8 Å². The van der Waals surface area contributed by atoms with Gasteiger partial charge in [0.25, 0.3) is 0 Å². The van der Waals surface area contributed by atoms with Crippen LogP contribution in [0.25, 0.3) is 0 Å². The zero-order chi connectivity index (χ0) is 6.57. The van der Waals surface area contributed by atoms with E-state index in [2.05, 4.69) is 0 Å². The first kappa shape index (κ1) is 8.07. The normalized spacial score (nSPS) is 13.4. The van der Waals surface area contributed by atoms with Crippen molar-refractivity contribution in [1.82, 2.24) is 0 Å². The summed E-state index contributed by atoms with van der Waals surface area (Å²) in [5.41, 5.74) is 0. The number of alkyl halides is 2. The van der Waals surface area contributed by atoms with Gasteiger partial charge in [0.15, 0.2) is 0 Å². The van der Waals surface area contributed by atoms with Crippen molar-refractivity contribution in [3.63, 3.8) is 0 Å². The SMILES string of the molecule is C[C@@H](CC#N)C(Cl)Cl. The molecule has 0 N–H and O–H groups in total. The lowest BCUT2D eigenvalue weighted by atomic mass is 10.1. The fraction of sp³-hybridized carbons (Fsp3) is 0.800. The average molecular weight is 152 g/mol. The Balaban J connectivity index is 3.35. The Bertz CT molecular complexity index is 95.1. The highest BCUT2D eigenvalue weighted by atomic mass is 35.5. The Kier molecular flexibility index (Phi) is 4.03. The van der Waals surface area contributed by atoms with Crippen molar-refractivity contribution >= 4 is 23.2 Å². The van der Waals surface area contributed by atoms with Crippen molar-refractivity contribution in [3.05, 3.63) is 0 Å². The van der Waals surface area contributed by atoms with E-state index in [-0.39, 0.29) is 5.92 Å². The summed E-state index contributed by atoms with van der Waals surface area (Å²) in [6.45, 7) is 1.84. The summed E-state index contributed by atoms with van der Waals surface area (Å²) in [6.07, 6.45) is 0.428. The second-order valence-electron chi connectivity index (χ2n) is 1.67. The highest BCUT2D eigenvalue weighted by Gasteiger charge is 2.08. The molecular weight excluding hydrogens is 145 g/mol. The third-order valence-electron chi connectivity index (χ3n) is 0.843. The van der Waals surface area contributed by atoms with Crippen molar-refractivity contribution in [2.75, 3.05) is 0 Å². The van der Waals surface area contributed by atoms with E-state index in [0.717, 1.165) is 0 Å². The number of halogens is 2. The van der Waals surface area contributed by atoms with E-state index in [1.54, 1.807) is 0 Å². The van der Waals surface area contributed by atoms with Crippen LogP contribution >= 0.6 is 23.2 Å². The van der Waals surface area contributed by atoms with Crippen LogP contribution in [0, 0.1) is 17.2 Å². The average Bonchev–Trinajstić information content (AvgIpc) is 1.67. The Labute approximate surface area is 59.2 Å². The Morgan fingerprint density at radius 2 is 2.12 bits per heavy atom. The van der Waals surface area contributed by atoms with E-state index >= 15 is 0 Å². The van der Waals surface area contributed by atoms with Crippen molar-refractivity contribution in [3.8, 4) is 6.07 Å². The van der Waals surface area contributed by atoms with Crippen LogP contribution in [0.5, 0.6) is 0 Å². The van der Waals surface area contributed by atoms with Crippen LogP contribution < -0.4 is 0 Å². The van der Waals surface area contributed by atoms with Crippen molar-refractivity contribution in [2.24, 2.45) is 5.92 Å². The van der Waals surface area contributed by atoms with Gasteiger partial charge in [0.2, 0.25) is 0 Å². The largest absolute Gasteiger partial charge is 0.198 e. The van der Waals surface area contributed by atoms with Gasteiger partial charge in [-0.25, -0.2) is 0 Å². The van der Waals surface area contributed by atoms with Gasteiger partial charge in [0.1, 0.15) is 4.84 Å². The highest BCUT2D eigenvalue weighted by Crippen LogP contribution is 2.16. The van der Waals surface area contributed by atoms with Gasteiger partial charge < -0.3 is 0 Å². The summed E-state index contributed by atoms with van der Waals surface area (Å²) >= 11 is 10.8. The predicted octanol–water partition coefficient (Wildman–Crippen LogP) is 2.34. The molecule has 0 saturated carbocycles. The molecule has 3 heteroatoms. The third kappa shape index (κ3) is 3.12. The maximum absolute atomic E-state index is 8.12. The van der Waals surface area contributed by atoms with E-state index in [1.807, 2.05) is 13.0 Å². The smallest absolute Gasteiger partial charge is 0.111 e. The van der Waals surface area contributed by atoms with Crippen LogP contribution in [-0.4, -0.2) is 4.84 Å². The molecule has 0 heterocycles. The predicted molar refractivity (Wildman–Crippen MR) is 34.9 cm³/mol. The molecule has 0 bridgehead atoms. The summed E-state index contributed by atoms with van der Waals surface area (Å²) in [6, 6.07) is 1.98. The zero-order valence-electron chi connectivity index (χ0n) is 4.56. The lowest BCUT2D eigenvalue weighted by Gasteiger charge is -2.04. The van der Waals surface area contributed by atoms with Crippen LogP contribution in [-0.2, 0) is 0 Å². The molecule has 0 unspecified atom stereocenters. The first-order valence-corrected chi connectivity index (χ1v) is 3.21. The lowest BCUT2D eigenvalue weighted by Crippen LogP contribution is -2.01. The minimum absolute atomic E-state index is 0.0864. The molecule has 0 aromatic heterocycles. The first-order valence-electron chi connectivity index (χ1n) is 2.33. The maximum atomic E-state index is 8.12. The fourth-order valence-electron chi connectivity index (χ4n) is 0.233. The van der Waals surface area contributed by atoms with Crippen molar-refractivity contribution in [1.29, 1.82) is 5.26 Å². The minimum Gasteiger partial charge on any atom is -0.198 e. The van der Waals surface area contributed by atoms with Crippen molar-refractivity contribution < 1.29 is 0 Å². The second-order valence-corrected chi connectivity index (χ2v) is 2.84. The molecule has 0 fully saturated rings. The molecule has 1 nitrogen and oxygen atoms in total. The molecule has 0 amide bonds. The minimum atomic E-state index is -0.408. The molecular formula is C5H7Cl2N. The molecule has 0 aromatic carbocycles. The van der Waals surface area contributed by atoms with Gasteiger partial charge in [-0.3, -0.25) is 0 Å². The zero-order valence-corrected chi connectivity index (χ0v) is 6.08. The van der Waals surface area contributed by atoms with E-state index < -0.39 is 4.84 Å². The molecule has 0 aliphatic heterocycles. The highest BCUT2D eigenvalue weighted by molar-refractivity contribution is 6.44. The standard InChI is InChI=1S/C5H7Cl2N/c1-4(2-3-8)5(6)7/h4-5H,2H2,1H3/t4-/m0/s1. The van der Waals surface area contributed by atoms with E-state index in [4.69, 9.17) is 28.5 Å². The Morgan fingerprint density at radius 1 is 1.62 bits per heavy atom. The molecule has 46 valence electrons. The van der Waals surface area contributed by atoms with Gasteiger partial charge >= 0.3 is 0 Å².